The highest BCUT2D eigenvalue weighted by atomic mass is 35.5. The van der Waals surface area contributed by atoms with Crippen LogP contribution in [0.4, 0.5) is 5.69 Å². The SMILES string of the molecule is CNS(=O)(=O)c1ccc(Sc2ccc(Cl)cc2)cc1N. The van der Waals surface area contributed by atoms with Crippen LogP contribution < -0.4 is 10.5 Å². The first-order chi connectivity index (χ1) is 9.42. The molecule has 7 heteroatoms. The Morgan fingerprint density at radius 2 is 1.70 bits per heavy atom. The molecule has 0 aliphatic carbocycles. The van der Waals surface area contributed by atoms with Crippen molar-refractivity contribution in [1.82, 2.24) is 4.72 Å². The lowest BCUT2D eigenvalue weighted by atomic mass is 10.3. The molecular weight excluding hydrogens is 316 g/mol. The quantitative estimate of drug-likeness (QED) is 0.846. The van der Waals surface area contributed by atoms with Crippen molar-refractivity contribution in [2.45, 2.75) is 14.7 Å². The van der Waals surface area contributed by atoms with Crippen LogP contribution in [0.3, 0.4) is 0 Å². The van der Waals surface area contributed by atoms with E-state index in [0.29, 0.717) is 5.02 Å². The molecule has 2 aromatic rings. The predicted octanol–water partition coefficient (Wildman–Crippen LogP) is 2.98. The van der Waals surface area contributed by atoms with E-state index in [1.807, 2.05) is 12.1 Å². The standard InChI is InChI=1S/C13H13ClN2O2S2/c1-16-20(17,18)13-7-6-11(8-12(13)15)19-10-4-2-9(14)3-5-10/h2-8,16H,15H2,1H3. The molecular formula is C13H13ClN2O2S2. The van der Waals surface area contributed by atoms with Gasteiger partial charge in [0.05, 0.1) is 5.69 Å². The maximum absolute atomic E-state index is 11.7. The molecule has 0 fully saturated rings. The molecule has 0 unspecified atom stereocenters. The molecule has 0 bridgehead atoms. The van der Waals surface area contributed by atoms with Crippen LogP contribution in [-0.2, 0) is 10.0 Å². The molecule has 2 rings (SSSR count). The highest BCUT2D eigenvalue weighted by Crippen LogP contribution is 2.31. The molecule has 0 heterocycles. The fourth-order valence-electron chi connectivity index (χ4n) is 1.58. The number of hydrogen-bond acceptors (Lipinski definition) is 4. The van der Waals surface area contributed by atoms with Crippen molar-refractivity contribution < 1.29 is 8.42 Å². The molecule has 20 heavy (non-hydrogen) atoms. The van der Waals surface area contributed by atoms with Crippen molar-refractivity contribution in [1.29, 1.82) is 0 Å². The molecule has 106 valence electrons. The molecule has 0 aliphatic rings. The van der Waals surface area contributed by atoms with E-state index in [2.05, 4.69) is 4.72 Å². The Bertz CT molecular complexity index is 716. The van der Waals surface area contributed by atoms with Gasteiger partial charge in [-0.1, -0.05) is 23.4 Å². The van der Waals surface area contributed by atoms with E-state index in [1.54, 1.807) is 24.3 Å². The van der Waals surface area contributed by atoms with E-state index in [4.69, 9.17) is 17.3 Å². The van der Waals surface area contributed by atoms with Gasteiger partial charge in [0.15, 0.2) is 0 Å². The van der Waals surface area contributed by atoms with Crippen molar-refractivity contribution in [2.75, 3.05) is 12.8 Å². The molecule has 0 aromatic heterocycles. The minimum absolute atomic E-state index is 0.0838. The second kappa shape index (κ2) is 6.05. The summed E-state index contributed by atoms with van der Waals surface area (Å²) in [6.07, 6.45) is 0. The first-order valence-corrected chi connectivity index (χ1v) is 8.36. The third-order valence-corrected chi connectivity index (χ3v) is 5.33. The van der Waals surface area contributed by atoms with Crippen LogP contribution in [0.25, 0.3) is 0 Å². The van der Waals surface area contributed by atoms with E-state index in [0.717, 1.165) is 9.79 Å². The Hall–Kier alpha value is -1.21. The zero-order valence-electron chi connectivity index (χ0n) is 10.6. The lowest BCUT2D eigenvalue weighted by molar-refractivity contribution is 0.588. The number of halogens is 1. The lowest BCUT2D eigenvalue weighted by Gasteiger charge is -2.08. The van der Waals surface area contributed by atoms with E-state index >= 15 is 0 Å². The third-order valence-electron chi connectivity index (χ3n) is 2.59. The molecule has 3 N–H and O–H groups in total. The highest BCUT2D eigenvalue weighted by Gasteiger charge is 2.15. The second-order valence-electron chi connectivity index (χ2n) is 3.96. The lowest BCUT2D eigenvalue weighted by Crippen LogP contribution is -2.19. The molecule has 2 aromatic carbocycles. The fraction of sp³-hybridized carbons (Fsp3) is 0.0769. The van der Waals surface area contributed by atoms with Crippen molar-refractivity contribution >= 4 is 39.1 Å². The predicted molar refractivity (Wildman–Crippen MR) is 82.7 cm³/mol. The van der Waals surface area contributed by atoms with Gasteiger partial charge in [0.2, 0.25) is 10.0 Å². The average molecular weight is 329 g/mol. The molecule has 0 saturated carbocycles. The van der Waals surface area contributed by atoms with Crippen LogP contribution in [0.15, 0.2) is 57.2 Å². The minimum Gasteiger partial charge on any atom is -0.398 e. The van der Waals surface area contributed by atoms with Crippen LogP contribution >= 0.6 is 23.4 Å². The summed E-state index contributed by atoms with van der Waals surface area (Å²) < 4.78 is 25.7. The Morgan fingerprint density at radius 3 is 2.25 bits per heavy atom. The summed E-state index contributed by atoms with van der Waals surface area (Å²) in [4.78, 5) is 1.94. The van der Waals surface area contributed by atoms with Gasteiger partial charge in [-0.25, -0.2) is 13.1 Å². The maximum Gasteiger partial charge on any atom is 0.242 e. The van der Waals surface area contributed by atoms with Crippen molar-refractivity contribution in [3.05, 3.63) is 47.5 Å². The monoisotopic (exact) mass is 328 g/mol. The first-order valence-electron chi connectivity index (χ1n) is 5.69. The van der Waals surface area contributed by atoms with E-state index in [9.17, 15) is 8.42 Å². The van der Waals surface area contributed by atoms with E-state index in [1.165, 1.54) is 24.9 Å². The van der Waals surface area contributed by atoms with Gasteiger partial charge in [0.1, 0.15) is 4.90 Å². The summed E-state index contributed by atoms with van der Waals surface area (Å²) >= 11 is 7.31. The molecule has 0 spiro atoms. The van der Waals surface area contributed by atoms with Crippen molar-refractivity contribution in [3.8, 4) is 0 Å². The van der Waals surface area contributed by atoms with E-state index < -0.39 is 10.0 Å². The molecule has 4 nitrogen and oxygen atoms in total. The topological polar surface area (TPSA) is 72.2 Å². The summed E-state index contributed by atoms with van der Waals surface area (Å²) in [6, 6.07) is 12.2. The largest absolute Gasteiger partial charge is 0.398 e. The Morgan fingerprint density at radius 1 is 1.10 bits per heavy atom. The smallest absolute Gasteiger partial charge is 0.242 e. The van der Waals surface area contributed by atoms with Crippen molar-refractivity contribution in [3.63, 3.8) is 0 Å². The normalized spacial score (nSPS) is 11.5. The minimum atomic E-state index is -3.53. The number of nitrogen functional groups attached to an aromatic ring is 1. The van der Waals surface area contributed by atoms with Gasteiger partial charge in [-0.3, -0.25) is 0 Å². The molecule has 0 atom stereocenters. The number of sulfonamides is 1. The van der Waals surface area contributed by atoms with Crippen LogP contribution in [0.2, 0.25) is 5.02 Å². The highest BCUT2D eigenvalue weighted by molar-refractivity contribution is 7.99. The zero-order chi connectivity index (χ0) is 14.8. The third kappa shape index (κ3) is 3.46. The first kappa shape index (κ1) is 15.2. The number of benzene rings is 2. The second-order valence-corrected chi connectivity index (χ2v) is 7.40. The number of rotatable bonds is 4. The van der Waals surface area contributed by atoms with Gasteiger partial charge in [-0.2, -0.15) is 0 Å². The Labute approximate surface area is 127 Å². The number of nitrogens with two attached hydrogens (primary N) is 1. The number of anilines is 1. The summed E-state index contributed by atoms with van der Waals surface area (Å²) in [5, 5.41) is 0.671. The van der Waals surface area contributed by atoms with Crippen LogP contribution in [0.5, 0.6) is 0 Å². The average Bonchev–Trinajstić information content (AvgIpc) is 2.41. The Kier molecular flexibility index (Phi) is 4.59. The molecule has 0 radical (unpaired) electrons. The molecule has 0 amide bonds. The van der Waals surface area contributed by atoms with Gasteiger partial charge in [0, 0.05) is 14.8 Å². The number of nitrogens with one attached hydrogen (secondary N) is 1. The fourth-order valence-corrected chi connectivity index (χ4v) is 3.41. The van der Waals surface area contributed by atoms with Gasteiger partial charge < -0.3 is 5.73 Å². The Balaban J connectivity index is 2.28. The molecule has 0 aliphatic heterocycles. The summed E-state index contributed by atoms with van der Waals surface area (Å²) in [7, 11) is -2.17. The molecule has 0 saturated heterocycles. The summed E-state index contributed by atoms with van der Waals surface area (Å²) in [5.74, 6) is 0. The van der Waals surface area contributed by atoms with Gasteiger partial charge in [-0.15, -0.1) is 0 Å². The van der Waals surface area contributed by atoms with Crippen LogP contribution in [0, 0.1) is 0 Å². The van der Waals surface area contributed by atoms with Gasteiger partial charge in [-0.05, 0) is 49.5 Å². The van der Waals surface area contributed by atoms with Gasteiger partial charge >= 0.3 is 0 Å². The van der Waals surface area contributed by atoms with E-state index in [-0.39, 0.29) is 10.6 Å². The van der Waals surface area contributed by atoms with Crippen LogP contribution in [-0.4, -0.2) is 15.5 Å². The van der Waals surface area contributed by atoms with Crippen molar-refractivity contribution in [2.24, 2.45) is 0 Å². The maximum atomic E-state index is 11.7. The van der Waals surface area contributed by atoms with Crippen LogP contribution in [0.1, 0.15) is 0 Å². The number of hydrogen-bond donors (Lipinski definition) is 2. The van der Waals surface area contributed by atoms with Gasteiger partial charge in [0.25, 0.3) is 0 Å². The summed E-state index contributed by atoms with van der Waals surface area (Å²) in [5.41, 5.74) is 6.03. The summed E-state index contributed by atoms with van der Waals surface area (Å²) in [6.45, 7) is 0. The zero-order valence-corrected chi connectivity index (χ0v) is 13.0.